The minimum absolute atomic E-state index is 0.118. The maximum atomic E-state index is 11.7. The summed E-state index contributed by atoms with van der Waals surface area (Å²) in [5.41, 5.74) is 3.52. The van der Waals surface area contributed by atoms with Crippen LogP contribution in [0.25, 0.3) is 0 Å². The van der Waals surface area contributed by atoms with Crippen molar-refractivity contribution in [3.05, 3.63) is 70.8 Å². The van der Waals surface area contributed by atoms with Crippen LogP contribution in [0.3, 0.4) is 0 Å². The van der Waals surface area contributed by atoms with E-state index in [1.54, 1.807) is 24.3 Å². The molecular formula is C27H32ClNO4. The number of benzene rings is 2. The highest BCUT2D eigenvalue weighted by molar-refractivity contribution is 6.30. The fourth-order valence-electron chi connectivity index (χ4n) is 5.18. The maximum absolute atomic E-state index is 11.7. The molecule has 2 aliphatic rings. The van der Waals surface area contributed by atoms with Crippen molar-refractivity contribution in [3.8, 4) is 5.75 Å². The minimum atomic E-state index is -0.954. The van der Waals surface area contributed by atoms with Gasteiger partial charge in [0.25, 0.3) is 0 Å². The van der Waals surface area contributed by atoms with E-state index in [1.807, 2.05) is 12.1 Å². The molecule has 6 heteroatoms. The van der Waals surface area contributed by atoms with Gasteiger partial charge in [0.2, 0.25) is 0 Å². The summed E-state index contributed by atoms with van der Waals surface area (Å²) in [4.78, 5) is 13.9. The van der Waals surface area contributed by atoms with Gasteiger partial charge in [-0.3, -0.25) is 0 Å². The summed E-state index contributed by atoms with van der Waals surface area (Å²) in [5.74, 6) is 0.368. The van der Waals surface area contributed by atoms with E-state index in [-0.39, 0.29) is 17.4 Å². The number of aryl methyl sites for hydroxylation is 1. The van der Waals surface area contributed by atoms with Gasteiger partial charge in [-0.1, -0.05) is 37.1 Å². The first-order valence-corrected chi connectivity index (χ1v) is 12.1. The Morgan fingerprint density at radius 1 is 1.30 bits per heavy atom. The molecule has 2 N–H and O–H groups in total. The van der Waals surface area contributed by atoms with Crippen molar-refractivity contribution in [2.75, 3.05) is 24.6 Å². The fraction of sp³-hybridized carbons (Fsp3) is 0.444. The molecule has 0 spiro atoms. The Kier molecular flexibility index (Phi) is 7.30. The minimum Gasteiger partial charge on any atom is -0.491 e. The zero-order valence-corrected chi connectivity index (χ0v) is 19.8. The molecule has 176 valence electrons. The van der Waals surface area contributed by atoms with Crippen LogP contribution in [-0.4, -0.2) is 42.0 Å². The van der Waals surface area contributed by atoms with Gasteiger partial charge in [0.15, 0.2) is 0 Å². The van der Waals surface area contributed by atoms with E-state index in [2.05, 4.69) is 24.5 Å². The number of fused-ring (bicyclic) bond motifs is 1. The standard InChI is InChI=1S/C27H32ClNO4/c1-3-5-17-12-21(28)8-10-22(17)20-15-29(14-19-6-9-23(19)25(30)4-2)24-13-18(27(31)32)7-11-26(24)33-16-20/h4,7-8,10-13,19-20,23,25,30H,2-3,5-6,9,14-16H2,1H3,(H,31,32). The first-order valence-electron chi connectivity index (χ1n) is 11.7. The number of nitrogens with zero attached hydrogens (tertiary/aromatic N) is 1. The summed E-state index contributed by atoms with van der Waals surface area (Å²) in [6.07, 6.45) is 5.08. The number of rotatable bonds is 8. The molecule has 1 aliphatic heterocycles. The van der Waals surface area contributed by atoms with Crippen LogP contribution in [0.1, 0.15) is 53.6 Å². The third kappa shape index (κ3) is 5.04. The number of aliphatic hydroxyl groups excluding tert-OH is 1. The van der Waals surface area contributed by atoms with Crippen LogP contribution in [0.2, 0.25) is 5.02 Å². The molecule has 0 aromatic heterocycles. The molecule has 1 heterocycles. The van der Waals surface area contributed by atoms with Gasteiger partial charge in [0.1, 0.15) is 5.75 Å². The largest absolute Gasteiger partial charge is 0.491 e. The number of hydrogen-bond donors (Lipinski definition) is 2. The summed E-state index contributed by atoms with van der Waals surface area (Å²) in [6, 6.07) is 11.2. The van der Waals surface area contributed by atoms with E-state index in [4.69, 9.17) is 16.3 Å². The first-order chi connectivity index (χ1) is 15.9. The van der Waals surface area contributed by atoms with Gasteiger partial charge in [-0.15, -0.1) is 6.58 Å². The molecule has 0 bridgehead atoms. The van der Waals surface area contributed by atoms with E-state index in [0.29, 0.717) is 24.8 Å². The lowest BCUT2D eigenvalue weighted by Gasteiger charge is -2.42. The summed E-state index contributed by atoms with van der Waals surface area (Å²) < 4.78 is 6.24. The van der Waals surface area contributed by atoms with Crippen LogP contribution in [0.4, 0.5) is 5.69 Å². The normalized spacial score (nSPS) is 23.0. The lowest BCUT2D eigenvalue weighted by atomic mass is 9.70. The van der Waals surface area contributed by atoms with Crippen molar-refractivity contribution in [1.82, 2.24) is 0 Å². The number of carboxylic acids is 1. The molecule has 1 saturated carbocycles. The highest BCUT2D eigenvalue weighted by Gasteiger charge is 2.37. The number of aliphatic hydroxyl groups is 1. The smallest absolute Gasteiger partial charge is 0.335 e. The molecule has 33 heavy (non-hydrogen) atoms. The molecule has 1 aliphatic carbocycles. The van der Waals surface area contributed by atoms with Gasteiger partial charge in [0.05, 0.1) is 24.0 Å². The van der Waals surface area contributed by atoms with Crippen LogP contribution in [0.5, 0.6) is 5.75 Å². The fourth-order valence-corrected chi connectivity index (χ4v) is 5.37. The lowest BCUT2D eigenvalue weighted by molar-refractivity contribution is 0.0465. The number of anilines is 1. The monoisotopic (exact) mass is 469 g/mol. The van der Waals surface area contributed by atoms with Gasteiger partial charge < -0.3 is 19.8 Å². The van der Waals surface area contributed by atoms with Gasteiger partial charge in [-0.05, 0) is 72.6 Å². The van der Waals surface area contributed by atoms with Gasteiger partial charge in [0, 0.05) is 24.0 Å². The quantitative estimate of drug-likeness (QED) is 0.496. The van der Waals surface area contributed by atoms with Crippen LogP contribution in [-0.2, 0) is 6.42 Å². The highest BCUT2D eigenvalue weighted by Crippen LogP contribution is 2.42. The van der Waals surface area contributed by atoms with Crippen LogP contribution in [0, 0.1) is 11.8 Å². The molecular weight excluding hydrogens is 438 g/mol. The highest BCUT2D eigenvalue weighted by atomic mass is 35.5. The van der Waals surface area contributed by atoms with E-state index in [0.717, 1.165) is 42.9 Å². The number of ether oxygens (including phenoxy) is 1. The van der Waals surface area contributed by atoms with E-state index in [1.165, 1.54) is 11.1 Å². The summed E-state index contributed by atoms with van der Waals surface area (Å²) in [5, 5.41) is 20.6. The third-order valence-electron chi connectivity index (χ3n) is 7.10. The average molecular weight is 470 g/mol. The lowest BCUT2D eigenvalue weighted by Crippen LogP contribution is -2.43. The van der Waals surface area contributed by atoms with Crippen LogP contribution in [0.15, 0.2) is 49.1 Å². The van der Waals surface area contributed by atoms with Gasteiger partial charge >= 0.3 is 5.97 Å². The Bertz CT molecular complexity index is 1020. The third-order valence-corrected chi connectivity index (χ3v) is 7.34. The predicted molar refractivity (Wildman–Crippen MR) is 132 cm³/mol. The molecule has 5 nitrogen and oxygen atoms in total. The number of carbonyl (C=O) groups is 1. The van der Waals surface area contributed by atoms with Crippen LogP contribution >= 0.6 is 11.6 Å². The zero-order chi connectivity index (χ0) is 23.5. The topological polar surface area (TPSA) is 70.0 Å². The molecule has 4 rings (SSSR count). The summed E-state index contributed by atoms with van der Waals surface area (Å²) in [6.45, 7) is 7.87. The number of hydrogen-bond acceptors (Lipinski definition) is 4. The Morgan fingerprint density at radius 2 is 2.12 bits per heavy atom. The Hall–Kier alpha value is -2.50. The molecule has 0 radical (unpaired) electrons. The van der Waals surface area contributed by atoms with Crippen molar-refractivity contribution < 1.29 is 19.7 Å². The molecule has 0 amide bonds. The summed E-state index contributed by atoms with van der Waals surface area (Å²) in [7, 11) is 0. The Balaban J connectivity index is 1.68. The van der Waals surface area contributed by atoms with Crippen molar-refractivity contribution >= 4 is 23.3 Å². The number of halogens is 1. The summed E-state index contributed by atoms with van der Waals surface area (Å²) >= 11 is 6.30. The molecule has 2 aromatic rings. The zero-order valence-electron chi connectivity index (χ0n) is 19.0. The van der Waals surface area contributed by atoms with Gasteiger partial charge in [-0.25, -0.2) is 4.79 Å². The number of aromatic carboxylic acids is 1. The molecule has 4 atom stereocenters. The second-order valence-corrected chi connectivity index (χ2v) is 9.66. The van der Waals surface area contributed by atoms with E-state index < -0.39 is 12.1 Å². The van der Waals surface area contributed by atoms with Crippen molar-refractivity contribution in [2.45, 2.75) is 44.6 Å². The maximum Gasteiger partial charge on any atom is 0.335 e. The van der Waals surface area contributed by atoms with Gasteiger partial charge in [-0.2, -0.15) is 0 Å². The number of carboxylic acid groups (broad SMARTS) is 1. The Labute approximate surface area is 200 Å². The predicted octanol–water partition coefficient (Wildman–Crippen LogP) is 5.55. The molecule has 0 saturated heterocycles. The van der Waals surface area contributed by atoms with Crippen LogP contribution < -0.4 is 9.64 Å². The van der Waals surface area contributed by atoms with Crippen molar-refractivity contribution in [2.24, 2.45) is 11.8 Å². The molecule has 2 aromatic carbocycles. The van der Waals surface area contributed by atoms with E-state index in [9.17, 15) is 15.0 Å². The van der Waals surface area contributed by atoms with E-state index >= 15 is 0 Å². The Morgan fingerprint density at radius 3 is 2.79 bits per heavy atom. The van der Waals surface area contributed by atoms with Crippen molar-refractivity contribution in [1.29, 1.82) is 0 Å². The molecule has 4 unspecified atom stereocenters. The SMILES string of the molecule is C=CC(O)C1CCC1CN1CC(c2ccc(Cl)cc2CCC)COc2ccc(C(=O)O)cc21. The average Bonchev–Trinajstić information content (AvgIpc) is 2.96. The van der Waals surface area contributed by atoms with Crippen molar-refractivity contribution in [3.63, 3.8) is 0 Å². The molecule has 1 fully saturated rings. The second kappa shape index (κ2) is 10.2. The second-order valence-electron chi connectivity index (χ2n) is 9.22. The first kappa shape index (κ1) is 23.7.